The highest BCUT2D eigenvalue weighted by Crippen LogP contribution is 2.27. The third-order valence-electron chi connectivity index (χ3n) is 10.00. The molecule has 1 aliphatic carbocycles. The zero-order chi connectivity index (χ0) is 36.6. The summed E-state index contributed by atoms with van der Waals surface area (Å²) in [5.74, 6) is -1.43. The van der Waals surface area contributed by atoms with Crippen molar-refractivity contribution in [2.24, 2.45) is 5.73 Å². The summed E-state index contributed by atoms with van der Waals surface area (Å²) in [5, 5.41) is 9.28. The Balaban J connectivity index is 1.00. The fourth-order valence-corrected chi connectivity index (χ4v) is 7.42. The van der Waals surface area contributed by atoms with Crippen LogP contribution in [0.5, 0.6) is 0 Å². The van der Waals surface area contributed by atoms with Crippen LogP contribution in [0, 0.1) is 5.82 Å². The smallest absolute Gasteiger partial charge is 0.255 e. The van der Waals surface area contributed by atoms with E-state index in [0.717, 1.165) is 62.2 Å². The van der Waals surface area contributed by atoms with Crippen molar-refractivity contribution in [2.45, 2.75) is 54.3 Å². The first-order valence-corrected chi connectivity index (χ1v) is 19.2. The van der Waals surface area contributed by atoms with Gasteiger partial charge in [-0.3, -0.25) is 9.59 Å². The number of nitrogens with zero attached hydrogens (tertiary/aromatic N) is 4. The summed E-state index contributed by atoms with van der Waals surface area (Å²) in [5.41, 5.74) is 10.4. The van der Waals surface area contributed by atoms with Crippen LogP contribution in [0.25, 0.3) is 11.1 Å². The number of likely N-dealkylation sites (N-methyl/N-ethyl adjacent to an activating group) is 1. The predicted octanol–water partition coefficient (Wildman–Crippen LogP) is 5.35. The first kappa shape index (κ1) is 37.8. The third kappa shape index (κ3) is 10.4. The fourth-order valence-electron chi connectivity index (χ4n) is 6.82. The van der Waals surface area contributed by atoms with Crippen LogP contribution >= 0.6 is 22.6 Å². The maximum absolute atomic E-state index is 14.4. The zero-order valence-electron chi connectivity index (χ0n) is 29.4. The monoisotopic (exact) mass is 824 g/mol. The van der Waals surface area contributed by atoms with Gasteiger partial charge >= 0.3 is 0 Å². The molecular formula is C39H47F2IN8O2. The largest absolute Gasteiger partial charge is 0.358 e. The molecule has 1 saturated carbocycles. The van der Waals surface area contributed by atoms with Crippen LogP contribution in [0.2, 0.25) is 0 Å². The maximum Gasteiger partial charge on any atom is 0.255 e. The Morgan fingerprint density at radius 2 is 1.67 bits per heavy atom. The molecule has 0 radical (unpaired) electrons. The van der Waals surface area contributed by atoms with Crippen LogP contribution in [0.1, 0.15) is 41.6 Å². The molecule has 3 aliphatic rings. The van der Waals surface area contributed by atoms with Crippen LogP contribution in [-0.4, -0.2) is 100.0 Å². The van der Waals surface area contributed by atoms with Gasteiger partial charge in [-0.15, -0.1) is 0 Å². The van der Waals surface area contributed by atoms with Crippen molar-refractivity contribution in [3.63, 3.8) is 0 Å². The maximum atomic E-state index is 14.4. The van der Waals surface area contributed by atoms with E-state index in [9.17, 15) is 18.4 Å². The SMILES string of the molecule is CN1CCN(CCc2ccc(-c3cccc(Nc4ncc(F)cc4C(=O)N[C@H]4CC[C@@H](NC(=O)C(N)CN5C=C(F)C=CC5I)CC4)c3)cc2)CC1. The summed E-state index contributed by atoms with van der Waals surface area (Å²) in [6, 6.07) is 16.6. The highest BCUT2D eigenvalue weighted by atomic mass is 127. The summed E-state index contributed by atoms with van der Waals surface area (Å²) in [6.07, 6.45) is 9.14. The van der Waals surface area contributed by atoms with Crippen molar-refractivity contribution < 1.29 is 18.4 Å². The van der Waals surface area contributed by atoms with Gasteiger partial charge < -0.3 is 36.4 Å². The lowest BCUT2D eigenvalue weighted by Crippen LogP contribution is -2.52. The second-order valence-electron chi connectivity index (χ2n) is 13.9. The van der Waals surface area contributed by atoms with Crippen LogP contribution < -0.4 is 21.7 Å². The van der Waals surface area contributed by atoms with E-state index in [0.29, 0.717) is 25.7 Å². The topological polar surface area (TPSA) is 119 Å². The average Bonchev–Trinajstić information content (AvgIpc) is 3.14. The molecule has 2 aliphatic heterocycles. The molecule has 1 aromatic heterocycles. The summed E-state index contributed by atoms with van der Waals surface area (Å²) >= 11 is 2.15. The number of anilines is 2. The Labute approximate surface area is 318 Å². The van der Waals surface area contributed by atoms with Gasteiger partial charge in [0.1, 0.15) is 23.5 Å². The van der Waals surface area contributed by atoms with E-state index >= 15 is 0 Å². The van der Waals surface area contributed by atoms with Crippen molar-refractivity contribution in [3.05, 3.63) is 102 Å². The van der Waals surface area contributed by atoms with Gasteiger partial charge in [-0.05, 0) is 86.2 Å². The Kier molecular flexibility index (Phi) is 12.9. The number of aromatic nitrogens is 1. The number of hydrogen-bond donors (Lipinski definition) is 4. The van der Waals surface area contributed by atoms with E-state index in [1.165, 1.54) is 23.9 Å². The number of amides is 2. The lowest BCUT2D eigenvalue weighted by molar-refractivity contribution is -0.123. The number of piperazine rings is 1. The predicted molar refractivity (Wildman–Crippen MR) is 209 cm³/mol. The minimum absolute atomic E-state index is 0.0883. The molecule has 2 atom stereocenters. The number of hydrogen-bond acceptors (Lipinski definition) is 8. The van der Waals surface area contributed by atoms with Crippen LogP contribution in [0.15, 0.2) is 85.0 Å². The number of carbonyl (C=O) groups excluding carboxylic acids is 2. The molecule has 276 valence electrons. The van der Waals surface area contributed by atoms with E-state index in [2.05, 4.69) is 84.6 Å². The normalized spacial score (nSPS) is 21.7. The first-order chi connectivity index (χ1) is 25.1. The molecule has 0 spiro atoms. The van der Waals surface area contributed by atoms with E-state index in [-0.39, 0.29) is 45.8 Å². The van der Waals surface area contributed by atoms with Gasteiger partial charge in [0.2, 0.25) is 5.91 Å². The molecule has 2 fully saturated rings. The van der Waals surface area contributed by atoms with Crippen molar-refractivity contribution in [1.29, 1.82) is 0 Å². The number of allylic oxidation sites excluding steroid dienone is 2. The molecule has 5 N–H and O–H groups in total. The van der Waals surface area contributed by atoms with Gasteiger partial charge in [0.25, 0.3) is 5.91 Å². The highest BCUT2D eigenvalue weighted by Gasteiger charge is 2.28. The van der Waals surface area contributed by atoms with Crippen LogP contribution in [0.4, 0.5) is 20.3 Å². The minimum Gasteiger partial charge on any atom is -0.358 e. The third-order valence-corrected chi connectivity index (χ3v) is 11.1. The Morgan fingerprint density at radius 3 is 2.40 bits per heavy atom. The van der Waals surface area contributed by atoms with E-state index in [1.807, 2.05) is 24.3 Å². The Morgan fingerprint density at radius 1 is 0.962 bits per heavy atom. The van der Waals surface area contributed by atoms with Crippen molar-refractivity contribution in [2.75, 3.05) is 51.6 Å². The lowest BCUT2D eigenvalue weighted by Gasteiger charge is -2.32. The van der Waals surface area contributed by atoms with Gasteiger partial charge in [-0.1, -0.05) is 59.0 Å². The summed E-state index contributed by atoms with van der Waals surface area (Å²) in [6.45, 7) is 5.70. The van der Waals surface area contributed by atoms with Crippen LogP contribution in [0.3, 0.4) is 0 Å². The minimum atomic E-state index is -0.819. The molecule has 10 nitrogen and oxygen atoms in total. The second-order valence-corrected chi connectivity index (χ2v) is 15.2. The number of nitrogens with one attached hydrogen (secondary N) is 3. The van der Waals surface area contributed by atoms with Gasteiger partial charge in [-0.2, -0.15) is 0 Å². The standard InChI is InChI=1S/C39H47F2IN8O2/c1-48-17-19-49(20-18-48)16-15-26-5-7-27(8-6-26)28-3-2-4-33(21-28)45-37-34(22-30(41)23-44-37)38(51)46-31-10-12-32(13-11-31)47-39(52)35(43)25-50-24-29(40)9-14-36(50)42/h2-9,14,21-24,31-32,35-36H,10-13,15-20,25,43H2,1H3,(H,44,45)(H,46,51)(H,47,52)/t31-,32+,35?,36?. The lowest BCUT2D eigenvalue weighted by atomic mass is 9.90. The number of carbonyl (C=O) groups is 2. The van der Waals surface area contributed by atoms with Crippen molar-refractivity contribution in [3.8, 4) is 11.1 Å². The molecular weight excluding hydrogens is 777 g/mol. The first-order valence-electron chi connectivity index (χ1n) is 17.9. The number of alkyl halides is 1. The fraction of sp³-hybridized carbons (Fsp3) is 0.410. The molecule has 1 saturated heterocycles. The van der Waals surface area contributed by atoms with Gasteiger partial charge in [0.15, 0.2) is 0 Å². The average molecular weight is 825 g/mol. The molecule has 2 aromatic carbocycles. The van der Waals surface area contributed by atoms with Crippen LogP contribution in [-0.2, 0) is 11.2 Å². The Bertz CT molecular complexity index is 1760. The van der Waals surface area contributed by atoms with E-state index in [4.69, 9.17) is 5.73 Å². The van der Waals surface area contributed by atoms with Gasteiger partial charge in [-0.25, -0.2) is 13.8 Å². The van der Waals surface area contributed by atoms with Crippen molar-refractivity contribution >= 4 is 45.9 Å². The summed E-state index contributed by atoms with van der Waals surface area (Å²) < 4.78 is 28.0. The number of pyridine rings is 1. The highest BCUT2D eigenvalue weighted by molar-refractivity contribution is 14.1. The van der Waals surface area contributed by atoms with Gasteiger partial charge in [0.05, 0.1) is 15.8 Å². The molecule has 52 heavy (non-hydrogen) atoms. The molecule has 13 heteroatoms. The quantitative estimate of drug-likeness (QED) is 0.110. The molecule has 3 heterocycles. The number of nitrogens with two attached hydrogens (primary N) is 1. The summed E-state index contributed by atoms with van der Waals surface area (Å²) in [7, 11) is 2.17. The van der Waals surface area contributed by atoms with E-state index in [1.54, 1.807) is 11.0 Å². The molecule has 0 bridgehead atoms. The number of rotatable bonds is 12. The van der Waals surface area contributed by atoms with E-state index < -0.39 is 17.8 Å². The number of halogens is 3. The van der Waals surface area contributed by atoms with Gasteiger partial charge in [0, 0.05) is 63.2 Å². The second kappa shape index (κ2) is 17.7. The molecule has 2 unspecified atom stereocenters. The molecule has 3 aromatic rings. The Hall–Kier alpha value is -3.92. The molecule has 2 amide bonds. The number of benzene rings is 2. The molecule has 6 rings (SSSR count). The van der Waals surface area contributed by atoms with Crippen molar-refractivity contribution in [1.82, 2.24) is 30.3 Å². The summed E-state index contributed by atoms with van der Waals surface area (Å²) in [4.78, 5) is 37.1. The zero-order valence-corrected chi connectivity index (χ0v) is 31.6.